The summed E-state index contributed by atoms with van der Waals surface area (Å²) in [5, 5.41) is 17.9. The predicted molar refractivity (Wildman–Crippen MR) is 61.3 cm³/mol. The maximum atomic E-state index is 11.3. The van der Waals surface area contributed by atoms with Crippen molar-refractivity contribution in [1.82, 2.24) is 0 Å². The summed E-state index contributed by atoms with van der Waals surface area (Å²) in [6.45, 7) is 0. The number of hydrogen-bond acceptors (Lipinski definition) is 3. The van der Waals surface area contributed by atoms with Crippen molar-refractivity contribution in [3.63, 3.8) is 0 Å². The first-order chi connectivity index (χ1) is 7.07. The summed E-state index contributed by atoms with van der Waals surface area (Å²) < 4.78 is 0. The average molecular weight is 265 g/mol. The van der Waals surface area contributed by atoms with Gasteiger partial charge in [-0.1, -0.05) is 24.3 Å². The number of carboxylic acids is 1. The molecule has 16 heavy (non-hydrogen) atoms. The summed E-state index contributed by atoms with van der Waals surface area (Å²) >= 11 is 5.36. The Morgan fingerprint density at radius 3 is 2.38 bits per heavy atom. The Kier molecular flexibility index (Phi) is 6.03. The Bertz CT molecular complexity index is 392. The number of halogens is 2. The Morgan fingerprint density at radius 2 is 1.88 bits per heavy atom. The van der Waals surface area contributed by atoms with Crippen LogP contribution in [0, 0.1) is 0 Å². The number of carbonyl (C=O) groups excluding carboxylic acids is 1. The number of carbonyl (C=O) groups is 2. The van der Waals surface area contributed by atoms with Crippen LogP contribution in [0.25, 0.3) is 0 Å². The Hall–Kier alpha value is -1.10. The second-order valence-electron chi connectivity index (χ2n) is 2.88. The first-order valence-electron chi connectivity index (χ1n) is 4.17. The van der Waals surface area contributed by atoms with Crippen molar-refractivity contribution in [3.8, 4) is 0 Å². The molecular formula is C10H10Cl2O4. The fourth-order valence-electron chi connectivity index (χ4n) is 1.19. The Morgan fingerprint density at radius 1 is 1.31 bits per heavy atom. The van der Waals surface area contributed by atoms with Crippen molar-refractivity contribution in [2.24, 2.45) is 0 Å². The number of Topliss-reactive ketones (excluding diaryl/α,β-unsaturated/α-hetero) is 1. The quantitative estimate of drug-likeness (QED) is 0.641. The molecule has 0 saturated carbocycles. The lowest BCUT2D eigenvalue weighted by Crippen LogP contribution is -2.15. The summed E-state index contributed by atoms with van der Waals surface area (Å²) in [5.74, 6) is -2.05. The number of alkyl halides is 1. The van der Waals surface area contributed by atoms with E-state index in [1.165, 1.54) is 12.1 Å². The molecule has 1 aromatic carbocycles. The van der Waals surface area contributed by atoms with Gasteiger partial charge in [0.25, 0.3) is 0 Å². The first-order valence-corrected chi connectivity index (χ1v) is 4.70. The monoisotopic (exact) mass is 264 g/mol. The van der Waals surface area contributed by atoms with E-state index in [1.807, 2.05) is 0 Å². The maximum absolute atomic E-state index is 11.3. The molecule has 0 saturated heterocycles. The van der Waals surface area contributed by atoms with Crippen LogP contribution in [0.4, 0.5) is 0 Å². The van der Waals surface area contributed by atoms with Crippen LogP contribution in [-0.4, -0.2) is 27.8 Å². The summed E-state index contributed by atoms with van der Waals surface area (Å²) in [7, 11) is 0. The lowest BCUT2D eigenvalue weighted by Gasteiger charge is -2.09. The largest absolute Gasteiger partial charge is 0.479 e. The van der Waals surface area contributed by atoms with Gasteiger partial charge in [0.15, 0.2) is 11.9 Å². The minimum absolute atomic E-state index is 0. The van der Waals surface area contributed by atoms with Crippen molar-refractivity contribution >= 4 is 35.8 Å². The highest BCUT2D eigenvalue weighted by Gasteiger charge is 2.21. The molecule has 1 aromatic rings. The topological polar surface area (TPSA) is 74.6 Å². The van der Waals surface area contributed by atoms with Gasteiger partial charge in [-0.2, -0.15) is 0 Å². The van der Waals surface area contributed by atoms with Crippen molar-refractivity contribution in [2.75, 3.05) is 5.88 Å². The standard InChI is InChI=1S/C10H9ClO4.ClH/c11-5-8(12)6-3-1-2-4-7(6)9(13)10(14)15;/h1-4,9,13H,5H2,(H,14,15);1H. The third-order valence-corrected chi connectivity index (χ3v) is 2.15. The highest BCUT2D eigenvalue weighted by Crippen LogP contribution is 2.19. The molecule has 2 N–H and O–H groups in total. The van der Waals surface area contributed by atoms with Crippen molar-refractivity contribution < 1.29 is 19.8 Å². The van der Waals surface area contributed by atoms with Gasteiger partial charge in [-0.15, -0.1) is 24.0 Å². The Labute approximate surface area is 103 Å². The van der Waals surface area contributed by atoms with Crippen LogP contribution < -0.4 is 0 Å². The van der Waals surface area contributed by atoms with E-state index in [9.17, 15) is 14.7 Å². The zero-order chi connectivity index (χ0) is 11.4. The molecule has 0 aliphatic heterocycles. The average Bonchev–Trinajstić information content (AvgIpc) is 2.27. The molecule has 0 bridgehead atoms. The number of hydrogen-bond donors (Lipinski definition) is 2. The van der Waals surface area contributed by atoms with Gasteiger partial charge in [0.2, 0.25) is 0 Å². The van der Waals surface area contributed by atoms with Gasteiger partial charge in [0, 0.05) is 11.1 Å². The van der Waals surface area contributed by atoms with Gasteiger partial charge in [-0.3, -0.25) is 4.79 Å². The van der Waals surface area contributed by atoms with Crippen molar-refractivity contribution in [3.05, 3.63) is 35.4 Å². The fourth-order valence-corrected chi connectivity index (χ4v) is 1.34. The number of benzene rings is 1. The number of carboxylic acid groups (broad SMARTS) is 1. The van der Waals surface area contributed by atoms with Gasteiger partial charge in [0.05, 0.1) is 5.88 Å². The fraction of sp³-hybridized carbons (Fsp3) is 0.200. The lowest BCUT2D eigenvalue weighted by molar-refractivity contribution is -0.146. The molecule has 0 fully saturated rings. The molecule has 1 unspecified atom stereocenters. The molecular weight excluding hydrogens is 255 g/mol. The van der Waals surface area contributed by atoms with Crippen LogP contribution in [0.15, 0.2) is 24.3 Å². The Balaban J connectivity index is 0.00000225. The predicted octanol–water partition coefficient (Wildman–Crippen LogP) is 1.65. The highest BCUT2D eigenvalue weighted by atomic mass is 35.5. The summed E-state index contributed by atoms with van der Waals surface area (Å²) in [6.07, 6.45) is -1.70. The molecule has 1 atom stereocenters. The van der Waals surface area contributed by atoms with Crippen LogP contribution in [-0.2, 0) is 4.79 Å². The minimum atomic E-state index is -1.70. The van der Waals surface area contributed by atoms with E-state index >= 15 is 0 Å². The number of ketones is 1. The van der Waals surface area contributed by atoms with Gasteiger partial charge in [-0.25, -0.2) is 4.79 Å². The molecule has 1 rings (SSSR count). The van der Waals surface area contributed by atoms with Crippen LogP contribution in [0.3, 0.4) is 0 Å². The molecule has 4 nitrogen and oxygen atoms in total. The first kappa shape index (κ1) is 14.9. The molecule has 0 spiro atoms. The second kappa shape index (κ2) is 6.48. The van der Waals surface area contributed by atoms with Crippen LogP contribution in [0.2, 0.25) is 0 Å². The van der Waals surface area contributed by atoms with Crippen LogP contribution >= 0.6 is 24.0 Å². The minimum Gasteiger partial charge on any atom is -0.479 e. The third kappa shape index (κ3) is 3.20. The molecule has 88 valence electrons. The van der Waals surface area contributed by atoms with Crippen molar-refractivity contribution in [1.29, 1.82) is 0 Å². The molecule has 0 aliphatic rings. The number of aliphatic hydroxyl groups is 1. The van der Waals surface area contributed by atoms with E-state index in [-0.39, 0.29) is 29.4 Å². The molecule has 0 aromatic heterocycles. The van der Waals surface area contributed by atoms with Gasteiger partial charge in [0.1, 0.15) is 0 Å². The molecule has 0 aliphatic carbocycles. The molecule has 0 radical (unpaired) electrons. The maximum Gasteiger partial charge on any atom is 0.337 e. The number of aliphatic hydroxyl groups excluding tert-OH is 1. The molecule has 0 heterocycles. The van der Waals surface area contributed by atoms with Crippen LogP contribution in [0.5, 0.6) is 0 Å². The van der Waals surface area contributed by atoms with Gasteiger partial charge >= 0.3 is 5.97 Å². The van der Waals surface area contributed by atoms with E-state index in [2.05, 4.69) is 0 Å². The summed E-state index contributed by atoms with van der Waals surface area (Å²) in [6, 6.07) is 5.95. The van der Waals surface area contributed by atoms with Gasteiger partial charge < -0.3 is 10.2 Å². The lowest BCUT2D eigenvalue weighted by atomic mass is 10.00. The highest BCUT2D eigenvalue weighted by molar-refractivity contribution is 6.30. The van der Waals surface area contributed by atoms with Crippen LogP contribution in [0.1, 0.15) is 22.0 Å². The molecule has 0 amide bonds. The number of rotatable bonds is 4. The summed E-state index contributed by atoms with van der Waals surface area (Å²) in [4.78, 5) is 21.9. The zero-order valence-electron chi connectivity index (χ0n) is 8.09. The smallest absolute Gasteiger partial charge is 0.337 e. The summed E-state index contributed by atoms with van der Waals surface area (Å²) in [5.41, 5.74) is 0.207. The van der Waals surface area contributed by atoms with Crippen molar-refractivity contribution in [2.45, 2.75) is 6.10 Å². The van der Waals surface area contributed by atoms with E-state index in [4.69, 9.17) is 16.7 Å². The van der Waals surface area contributed by atoms with E-state index < -0.39 is 17.9 Å². The number of aliphatic carboxylic acids is 1. The molecule has 6 heteroatoms. The third-order valence-electron chi connectivity index (χ3n) is 1.91. The second-order valence-corrected chi connectivity index (χ2v) is 3.15. The van der Waals surface area contributed by atoms with Gasteiger partial charge in [-0.05, 0) is 0 Å². The SMILES string of the molecule is Cl.O=C(CCl)c1ccccc1C(O)C(=O)O. The normalized spacial score (nSPS) is 11.4. The van der Waals surface area contributed by atoms with E-state index in [0.717, 1.165) is 0 Å². The van der Waals surface area contributed by atoms with E-state index in [1.54, 1.807) is 12.1 Å². The zero-order valence-corrected chi connectivity index (χ0v) is 9.66. The van der Waals surface area contributed by atoms with E-state index in [0.29, 0.717) is 0 Å².